The van der Waals surface area contributed by atoms with Crippen LogP contribution in [0.1, 0.15) is 12.5 Å². The zero-order chi connectivity index (χ0) is 21.3. The molecule has 3 rings (SSSR count). The molecular formula is C17H16N2O9S. The standard InChI is InChI=1S/C17H16N2O9S/c1-8(12-14(21)18-13(16(22)23)11(6-20)29-15(12)18)28-17(24)27-7-9-2-4-10(5-3-9)19(25)26/h2-5,8,12,15,20H,6-7H2,1H3,(H,22,23)/t8-,12?,15-/m1/s1. The van der Waals surface area contributed by atoms with Crippen molar-refractivity contribution in [2.45, 2.75) is 25.0 Å². The second-order valence-electron chi connectivity index (χ2n) is 6.26. The number of hydrogen-bond acceptors (Lipinski definition) is 9. The summed E-state index contributed by atoms with van der Waals surface area (Å²) in [6.45, 7) is 0.808. The van der Waals surface area contributed by atoms with Crippen LogP contribution in [0.25, 0.3) is 0 Å². The van der Waals surface area contributed by atoms with Crippen molar-refractivity contribution in [3.63, 3.8) is 0 Å². The first kappa shape index (κ1) is 20.6. The summed E-state index contributed by atoms with van der Waals surface area (Å²) in [6, 6.07) is 5.43. The lowest BCUT2D eigenvalue weighted by Crippen LogP contribution is -2.61. The molecule has 154 valence electrons. The summed E-state index contributed by atoms with van der Waals surface area (Å²) >= 11 is 1.04. The van der Waals surface area contributed by atoms with Gasteiger partial charge in [-0.25, -0.2) is 9.59 Å². The number of aliphatic hydroxyl groups is 1. The molecule has 1 aromatic carbocycles. The van der Waals surface area contributed by atoms with Crippen LogP contribution >= 0.6 is 11.8 Å². The Morgan fingerprint density at radius 1 is 1.34 bits per heavy atom. The first-order valence-electron chi connectivity index (χ1n) is 8.38. The zero-order valence-electron chi connectivity index (χ0n) is 15.0. The minimum absolute atomic E-state index is 0.0938. The highest BCUT2D eigenvalue weighted by molar-refractivity contribution is 8.04. The van der Waals surface area contributed by atoms with Gasteiger partial charge in [-0.15, -0.1) is 0 Å². The Morgan fingerprint density at radius 3 is 2.55 bits per heavy atom. The van der Waals surface area contributed by atoms with Crippen LogP contribution in [0.5, 0.6) is 0 Å². The number of carbonyl (C=O) groups is 3. The van der Waals surface area contributed by atoms with Crippen LogP contribution in [0.4, 0.5) is 10.5 Å². The van der Waals surface area contributed by atoms with Gasteiger partial charge in [-0.1, -0.05) is 11.8 Å². The SMILES string of the molecule is C[C@@H](OC(=O)OCc1ccc([N+](=O)[O-])cc1)C1C(=O)N2C(C(=O)O)=C(CO)S[C@H]12. The molecule has 1 fully saturated rings. The van der Waals surface area contributed by atoms with E-state index in [4.69, 9.17) is 9.47 Å². The topological polar surface area (TPSA) is 157 Å². The fourth-order valence-corrected chi connectivity index (χ4v) is 4.53. The van der Waals surface area contributed by atoms with Crippen LogP contribution in [0.15, 0.2) is 34.9 Å². The number of aliphatic carboxylic acids is 1. The number of β-lactam (4-membered cyclic amide) rings is 1. The number of non-ortho nitro benzene ring substituents is 1. The van der Waals surface area contributed by atoms with E-state index in [1.165, 1.54) is 31.2 Å². The second-order valence-corrected chi connectivity index (χ2v) is 7.47. The number of carboxylic acids is 1. The summed E-state index contributed by atoms with van der Waals surface area (Å²) in [6.07, 6.45) is -1.91. The minimum Gasteiger partial charge on any atom is -0.477 e. The van der Waals surface area contributed by atoms with Crippen LogP contribution in [-0.4, -0.2) is 56.2 Å². The highest BCUT2D eigenvalue weighted by atomic mass is 32.2. The Morgan fingerprint density at radius 2 is 2.00 bits per heavy atom. The molecule has 2 aliphatic heterocycles. The quantitative estimate of drug-likeness (QED) is 0.284. The van der Waals surface area contributed by atoms with Gasteiger partial charge in [-0.2, -0.15) is 0 Å². The van der Waals surface area contributed by atoms with E-state index in [1.807, 2.05) is 0 Å². The summed E-state index contributed by atoms with van der Waals surface area (Å²) in [7, 11) is 0. The van der Waals surface area contributed by atoms with E-state index in [-0.39, 0.29) is 22.9 Å². The smallest absolute Gasteiger partial charge is 0.477 e. The van der Waals surface area contributed by atoms with Crippen molar-refractivity contribution in [3.05, 3.63) is 50.5 Å². The van der Waals surface area contributed by atoms with Crippen molar-refractivity contribution >= 4 is 35.5 Å². The van der Waals surface area contributed by atoms with Gasteiger partial charge in [0.05, 0.1) is 11.5 Å². The zero-order valence-corrected chi connectivity index (χ0v) is 15.8. The number of nitrogens with zero attached hydrogens (tertiary/aromatic N) is 2. The van der Waals surface area contributed by atoms with Gasteiger partial charge in [0.1, 0.15) is 29.7 Å². The largest absolute Gasteiger partial charge is 0.508 e. The molecule has 1 amide bonds. The van der Waals surface area contributed by atoms with Gasteiger partial charge in [0.2, 0.25) is 5.91 Å². The molecule has 3 atom stereocenters. The lowest BCUT2D eigenvalue weighted by atomic mass is 9.92. The number of nitro benzene ring substituents is 1. The third-order valence-corrected chi connectivity index (χ3v) is 5.84. The van der Waals surface area contributed by atoms with E-state index in [0.717, 1.165) is 16.7 Å². The molecule has 2 aliphatic rings. The van der Waals surface area contributed by atoms with Crippen molar-refractivity contribution in [1.29, 1.82) is 0 Å². The Kier molecular flexibility index (Phi) is 5.75. The molecule has 11 nitrogen and oxygen atoms in total. The van der Waals surface area contributed by atoms with Crippen LogP contribution in [0.2, 0.25) is 0 Å². The Labute approximate surface area is 168 Å². The number of carbonyl (C=O) groups excluding carboxylic acids is 2. The van der Waals surface area contributed by atoms with Crippen LogP contribution in [0.3, 0.4) is 0 Å². The van der Waals surface area contributed by atoms with E-state index in [9.17, 15) is 34.7 Å². The van der Waals surface area contributed by atoms with E-state index in [2.05, 4.69) is 0 Å². The molecule has 0 aromatic heterocycles. The Bertz CT molecular complexity index is 899. The number of amides is 1. The van der Waals surface area contributed by atoms with Gasteiger partial charge in [0.15, 0.2) is 0 Å². The maximum absolute atomic E-state index is 12.4. The first-order chi connectivity index (χ1) is 13.7. The molecule has 1 saturated heterocycles. The van der Waals surface area contributed by atoms with E-state index in [1.54, 1.807) is 0 Å². The number of carboxylic acid groups (broad SMARTS) is 1. The van der Waals surface area contributed by atoms with Crippen LogP contribution < -0.4 is 0 Å². The molecule has 0 aliphatic carbocycles. The van der Waals surface area contributed by atoms with Gasteiger partial charge >= 0.3 is 12.1 Å². The lowest BCUT2D eigenvalue weighted by Gasteiger charge is -2.44. The maximum Gasteiger partial charge on any atom is 0.508 e. The van der Waals surface area contributed by atoms with Crippen molar-refractivity contribution < 1.29 is 39.0 Å². The van der Waals surface area contributed by atoms with Crippen molar-refractivity contribution in [3.8, 4) is 0 Å². The predicted octanol–water partition coefficient (Wildman–Crippen LogP) is 1.46. The van der Waals surface area contributed by atoms with Crippen molar-refractivity contribution in [2.24, 2.45) is 5.92 Å². The van der Waals surface area contributed by atoms with Gasteiger partial charge in [-0.05, 0) is 24.6 Å². The molecule has 12 heteroatoms. The summed E-state index contributed by atoms with van der Waals surface area (Å²) < 4.78 is 10.1. The molecular weight excluding hydrogens is 408 g/mol. The molecule has 0 bridgehead atoms. The third-order valence-electron chi connectivity index (χ3n) is 4.49. The van der Waals surface area contributed by atoms with Gasteiger partial charge in [0.25, 0.3) is 5.69 Å². The summed E-state index contributed by atoms with van der Waals surface area (Å²) in [5, 5.41) is 28.6. The number of fused-ring (bicyclic) bond motifs is 1. The van der Waals surface area contributed by atoms with Crippen LogP contribution in [-0.2, 0) is 25.7 Å². The third kappa shape index (κ3) is 3.89. The molecule has 1 unspecified atom stereocenters. The second kappa shape index (κ2) is 8.09. The fraction of sp³-hybridized carbons (Fsp3) is 0.353. The Balaban J connectivity index is 1.54. The minimum atomic E-state index is -1.31. The first-order valence-corrected chi connectivity index (χ1v) is 9.26. The average molecular weight is 424 g/mol. The van der Waals surface area contributed by atoms with Crippen molar-refractivity contribution in [2.75, 3.05) is 6.61 Å². The molecule has 1 aromatic rings. The maximum atomic E-state index is 12.4. The molecule has 0 saturated carbocycles. The fourth-order valence-electron chi connectivity index (χ4n) is 3.07. The lowest BCUT2D eigenvalue weighted by molar-refractivity contribution is -0.384. The number of rotatable bonds is 7. The highest BCUT2D eigenvalue weighted by Crippen LogP contribution is 2.50. The summed E-state index contributed by atoms with van der Waals surface area (Å²) in [4.78, 5) is 46.9. The molecule has 2 heterocycles. The number of hydrogen-bond donors (Lipinski definition) is 2. The Hall–Kier alpha value is -3.12. The van der Waals surface area contributed by atoms with Crippen LogP contribution in [0, 0.1) is 16.0 Å². The number of aliphatic hydroxyl groups excluding tert-OH is 1. The number of thioether (sulfide) groups is 1. The molecule has 0 spiro atoms. The average Bonchev–Trinajstić information content (AvgIpc) is 3.01. The summed E-state index contributed by atoms with van der Waals surface area (Å²) in [5.74, 6) is -2.60. The van der Waals surface area contributed by atoms with Crippen molar-refractivity contribution in [1.82, 2.24) is 4.90 Å². The van der Waals surface area contributed by atoms with Gasteiger partial charge in [0, 0.05) is 17.0 Å². The summed E-state index contributed by atoms with van der Waals surface area (Å²) in [5.41, 5.74) is 0.167. The molecule has 2 N–H and O–H groups in total. The van der Waals surface area contributed by atoms with E-state index < -0.39 is 47.0 Å². The highest BCUT2D eigenvalue weighted by Gasteiger charge is 2.58. The predicted molar refractivity (Wildman–Crippen MR) is 97.3 cm³/mol. The van der Waals surface area contributed by atoms with Gasteiger partial charge in [-0.3, -0.25) is 19.8 Å². The number of ether oxygens (including phenoxy) is 2. The van der Waals surface area contributed by atoms with E-state index in [0.29, 0.717) is 5.56 Å². The number of benzene rings is 1. The monoisotopic (exact) mass is 424 g/mol. The number of nitro groups is 1. The van der Waals surface area contributed by atoms with Gasteiger partial charge < -0.3 is 19.7 Å². The molecule has 29 heavy (non-hydrogen) atoms. The van der Waals surface area contributed by atoms with E-state index >= 15 is 0 Å². The molecule has 0 radical (unpaired) electrons. The normalized spacial score (nSPS) is 21.3.